The number of carbonyl (C=O) groups is 2. The Morgan fingerprint density at radius 3 is 2.41 bits per heavy atom. The van der Waals surface area contributed by atoms with Gasteiger partial charge in [-0.3, -0.25) is 20.4 Å². The summed E-state index contributed by atoms with van der Waals surface area (Å²) < 4.78 is 7.20. The van der Waals surface area contributed by atoms with E-state index in [1.807, 2.05) is 83.4 Å². The van der Waals surface area contributed by atoms with Crippen LogP contribution in [0.15, 0.2) is 84.9 Å². The van der Waals surface area contributed by atoms with Crippen molar-refractivity contribution in [3.63, 3.8) is 0 Å². The summed E-state index contributed by atoms with van der Waals surface area (Å²) >= 11 is 0. The number of para-hydroxylation sites is 3. The molecule has 0 aliphatic heterocycles. The first-order valence-corrected chi connectivity index (χ1v) is 10.2. The van der Waals surface area contributed by atoms with Gasteiger partial charge in [-0.1, -0.05) is 60.7 Å². The molecular weight excluding hydrogens is 404 g/mol. The van der Waals surface area contributed by atoms with Crippen molar-refractivity contribution in [2.24, 2.45) is 0 Å². The first-order chi connectivity index (χ1) is 15.7. The van der Waals surface area contributed by atoms with E-state index in [0.29, 0.717) is 23.7 Å². The van der Waals surface area contributed by atoms with E-state index < -0.39 is 0 Å². The van der Waals surface area contributed by atoms with Crippen LogP contribution >= 0.6 is 0 Å². The number of hydrogen-bond acceptors (Lipinski definition) is 4. The lowest BCUT2D eigenvalue weighted by atomic mass is 10.2. The molecule has 4 rings (SSSR count). The molecule has 0 saturated heterocycles. The second-order valence-electron chi connectivity index (χ2n) is 7.22. The number of amides is 2. The van der Waals surface area contributed by atoms with Crippen LogP contribution in [0.1, 0.15) is 16.1 Å². The van der Waals surface area contributed by atoms with Gasteiger partial charge in [-0.2, -0.15) is 0 Å². The minimum atomic E-state index is -0.386. The summed E-state index contributed by atoms with van der Waals surface area (Å²) in [4.78, 5) is 25.2. The fourth-order valence-electron chi connectivity index (χ4n) is 3.54. The standard InChI is InChI=1S/C25H24N4O3/c1-32-23-14-8-6-12-20(23)26-16-24(30)27-28-25(31)22-15-19-11-5-7-13-21(19)29(22)17-18-9-3-2-4-10-18/h2-15,26H,16-17H2,1H3,(H,27,30)(H,28,31). The number of fused-ring (bicyclic) bond motifs is 1. The van der Waals surface area contributed by atoms with Gasteiger partial charge in [0.1, 0.15) is 11.4 Å². The Morgan fingerprint density at radius 2 is 1.59 bits per heavy atom. The molecule has 0 radical (unpaired) electrons. The molecule has 0 fully saturated rings. The van der Waals surface area contributed by atoms with E-state index in [1.54, 1.807) is 13.2 Å². The lowest BCUT2D eigenvalue weighted by molar-refractivity contribution is -0.120. The van der Waals surface area contributed by atoms with Gasteiger partial charge in [0, 0.05) is 17.4 Å². The summed E-state index contributed by atoms with van der Waals surface area (Å²) in [6, 6.07) is 26.9. The fraction of sp³-hybridized carbons (Fsp3) is 0.120. The van der Waals surface area contributed by atoms with Crippen LogP contribution < -0.4 is 20.9 Å². The Morgan fingerprint density at radius 1 is 0.875 bits per heavy atom. The van der Waals surface area contributed by atoms with Crippen LogP contribution in [-0.4, -0.2) is 30.0 Å². The maximum atomic E-state index is 12.9. The molecule has 0 atom stereocenters. The number of nitrogens with one attached hydrogen (secondary N) is 3. The number of anilines is 1. The Hall–Kier alpha value is -4.26. The van der Waals surface area contributed by atoms with Crippen LogP contribution in [0.2, 0.25) is 0 Å². The number of hydrogen-bond donors (Lipinski definition) is 3. The smallest absolute Gasteiger partial charge is 0.286 e. The predicted molar refractivity (Wildman–Crippen MR) is 125 cm³/mol. The van der Waals surface area contributed by atoms with E-state index in [-0.39, 0.29) is 18.4 Å². The normalized spacial score (nSPS) is 10.5. The lowest BCUT2D eigenvalue weighted by Crippen LogP contribution is -2.44. The molecule has 0 spiro atoms. The molecule has 0 aliphatic carbocycles. The summed E-state index contributed by atoms with van der Waals surface area (Å²) in [6.45, 7) is 0.522. The molecule has 2 amide bonds. The molecule has 1 aromatic heterocycles. The molecule has 1 heterocycles. The predicted octanol–water partition coefficient (Wildman–Crippen LogP) is 3.57. The molecule has 4 aromatic rings. The molecular formula is C25H24N4O3. The first-order valence-electron chi connectivity index (χ1n) is 10.2. The number of aromatic nitrogens is 1. The molecule has 0 saturated carbocycles. The van der Waals surface area contributed by atoms with Gasteiger partial charge in [0.25, 0.3) is 11.8 Å². The van der Waals surface area contributed by atoms with E-state index in [2.05, 4.69) is 16.2 Å². The number of ether oxygens (including phenoxy) is 1. The van der Waals surface area contributed by atoms with E-state index in [9.17, 15) is 9.59 Å². The third-order valence-electron chi connectivity index (χ3n) is 5.09. The SMILES string of the molecule is COc1ccccc1NCC(=O)NNC(=O)c1cc2ccccc2n1Cc1ccccc1. The van der Waals surface area contributed by atoms with Crippen molar-refractivity contribution < 1.29 is 14.3 Å². The molecule has 3 aromatic carbocycles. The number of benzene rings is 3. The van der Waals surface area contributed by atoms with Gasteiger partial charge >= 0.3 is 0 Å². The van der Waals surface area contributed by atoms with Crippen LogP contribution in [0.3, 0.4) is 0 Å². The molecule has 32 heavy (non-hydrogen) atoms. The van der Waals surface area contributed by atoms with Gasteiger partial charge in [-0.15, -0.1) is 0 Å². The van der Waals surface area contributed by atoms with Crippen molar-refractivity contribution >= 4 is 28.4 Å². The first kappa shape index (κ1) is 21.0. The van der Waals surface area contributed by atoms with Crippen LogP contribution in [-0.2, 0) is 11.3 Å². The average Bonchev–Trinajstić information content (AvgIpc) is 3.20. The Kier molecular flexibility index (Phi) is 6.36. The Labute approximate surface area is 186 Å². The molecule has 7 nitrogen and oxygen atoms in total. The van der Waals surface area contributed by atoms with Gasteiger partial charge in [0.2, 0.25) is 0 Å². The minimum absolute atomic E-state index is 0.0202. The third-order valence-corrected chi connectivity index (χ3v) is 5.09. The highest BCUT2D eigenvalue weighted by Crippen LogP contribution is 2.23. The second kappa shape index (κ2) is 9.70. The van der Waals surface area contributed by atoms with Crippen molar-refractivity contribution in [3.05, 3.63) is 96.2 Å². The van der Waals surface area contributed by atoms with Gasteiger partial charge in [0.15, 0.2) is 0 Å². The van der Waals surface area contributed by atoms with Gasteiger partial charge < -0.3 is 14.6 Å². The minimum Gasteiger partial charge on any atom is -0.495 e. The zero-order chi connectivity index (χ0) is 22.3. The molecule has 0 bridgehead atoms. The quantitative estimate of drug-likeness (QED) is 0.393. The topological polar surface area (TPSA) is 84.4 Å². The van der Waals surface area contributed by atoms with Gasteiger partial charge in [-0.05, 0) is 29.8 Å². The van der Waals surface area contributed by atoms with E-state index in [4.69, 9.17) is 4.74 Å². The van der Waals surface area contributed by atoms with Crippen LogP contribution in [0, 0.1) is 0 Å². The monoisotopic (exact) mass is 428 g/mol. The Balaban J connectivity index is 1.44. The maximum Gasteiger partial charge on any atom is 0.286 e. The number of nitrogens with zero attached hydrogens (tertiary/aromatic N) is 1. The number of methoxy groups -OCH3 is 1. The average molecular weight is 428 g/mol. The van der Waals surface area contributed by atoms with Crippen LogP contribution in [0.5, 0.6) is 5.75 Å². The highest BCUT2D eigenvalue weighted by Gasteiger charge is 2.16. The van der Waals surface area contributed by atoms with E-state index in [1.165, 1.54) is 0 Å². The third kappa shape index (κ3) is 4.73. The number of rotatable bonds is 7. The van der Waals surface area contributed by atoms with E-state index >= 15 is 0 Å². The second-order valence-corrected chi connectivity index (χ2v) is 7.22. The molecule has 0 unspecified atom stereocenters. The van der Waals surface area contributed by atoms with Crippen molar-refractivity contribution in [3.8, 4) is 5.75 Å². The van der Waals surface area contributed by atoms with Crippen LogP contribution in [0.25, 0.3) is 10.9 Å². The van der Waals surface area contributed by atoms with Crippen molar-refractivity contribution in [2.75, 3.05) is 19.0 Å². The molecule has 162 valence electrons. The zero-order valence-corrected chi connectivity index (χ0v) is 17.7. The highest BCUT2D eigenvalue weighted by molar-refractivity contribution is 5.99. The number of carbonyl (C=O) groups excluding carboxylic acids is 2. The molecule has 7 heteroatoms. The summed E-state index contributed by atoms with van der Waals surface area (Å²) in [7, 11) is 1.56. The molecule has 3 N–H and O–H groups in total. The van der Waals surface area contributed by atoms with Gasteiger partial charge in [0.05, 0.1) is 19.3 Å². The van der Waals surface area contributed by atoms with E-state index in [0.717, 1.165) is 16.5 Å². The largest absolute Gasteiger partial charge is 0.495 e. The molecule has 0 aliphatic rings. The zero-order valence-electron chi connectivity index (χ0n) is 17.7. The lowest BCUT2D eigenvalue weighted by Gasteiger charge is -2.13. The summed E-state index contributed by atoms with van der Waals surface area (Å²) in [5.74, 6) is -0.132. The fourth-order valence-corrected chi connectivity index (χ4v) is 3.54. The highest BCUT2D eigenvalue weighted by atomic mass is 16.5. The maximum absolute atomic E-state index is 12.9. The number of hydrazine groups is 1. The summed E-state index contributed by atoms with van der Waals surface area (Å²) in [5.41, 5.74) is 8.18. The van der Waals surface area contributed by atoms with Crippen molar-refractivity contribution in [1.29, 1.82) is 0 Å². The van der Waals surface area contributed by atoms with Gasteiger partial charge in [-0.25, -0.2) is 0 Å². The van der Waals surface area contributed by atoms with Crippen molar-refractivity contribution in [2.45, 2.75) is 6.54 Å². The summed E-state index contributed by atoms with van der Waals surface area (Å²) in [5, 5.41) is 3.96. The Bertz CT molecular complexity index is 1230. The van der Waals surface area contributed by atoms with Crippen LogP contribution in [0.4, 0.5) is 5.69 Å². The summed E-state index contributed by atoms with van der Waals surface area (Å²) in [6.07, 6.45) is 0. The van der Waals surface area contributed by atoms with Crippen molar-refractivity contribution in [1.82, 2.24) is 15.4 Å².